The first-order valence-corrected chi connectivity index (χ1v) is 8.24. The van der Waals surface area contributed by atoms with Crippen molar-refractivity contribution >= 4 is 0 Å². The molecule has 0 saturated carbocycles. The highest BCUT2D eigenvalue weighted by atomic mass is 19.1. The van der Waals surface area contributed by atoms with Crippen LogP contribution in [0.2, 0.25) is 0 Å². The zero-order valence-corrected chi connectivity index (χ0v) is 15.8. The molecule has 2 nitrogen and oxygen atoms in total. The Balaban J connectivity index is 3.25. The number of aryl methyl sites for hydroxylation is 1. The van der Waals surface area contributed by atoms with Crippen LogP contribution in [0.25, 0.3) is 0 Å². The summed E-state index contributed by atoms with van der Waals surface area (Å²) in [5.74, 6) is 0.288. The molecule has 0 aromatic heterocycles. The van der Waals surface area contributed by atoms with Crippen LogP contribution < -0.4 is 4.74 Å². The molecule has 0 N–H and O–H groups in total. The summed E-state index contributed by atoms with van der Waals surface area (Å²) in [7, 11) is 0. The van der Waals surface area contributed by atoms with Crippen molar-refractivity contribution < 1.29 is 9.13 Å². The van der Waals surface area contributed by atoms with E-state index >= 15 is 0 Å². The van der Waals surface area contributed by atoms with Crippen LogP contribution in [-0.4, -0.2) is 5.60 Å². The molecule has 0 aliphatic rings. The molecule has 0 amide bonds. The Morgan fingerprint density at radius 2 is 1.70 bits per heavy atom. The molecule has 0 bridgehead atoms. The second-order valence-electron chi connectivity index (χ2n) is 8.40. The van der Waals surface area contributed by atoms with Gasteiger partial charge in [0.15, 0.2) is 0 Å². The van der Waals surface area contributed by atoms with E-state index in [1.165, 1.54) is 6.07 Å². The highest BCUT2D eigenvalue weighted by molar-refractivity contribution is 5.41. The van der Waals surface area contributed by atoms with Gasteiger partial charge < -0.3 is 4.74 Å². The number of nitriles is 1. The number of nitrogens with zero attached hydrogens (tertiary/aromatic N) is 1. The third-order valence-corrected chi connectivity index (χ3v) is 4.24. The van der Waals surface area contributed by atoms with Crippen molar-refractivity contribution in [2.75, 3.05) is 0 Å². The summed E-state index contributed by atoms with van der Waals surface area (Å²) in [5, 5.41) is 9.44. The Hall–Kier alpha value is -1.56. The smallest absolute Gasteiger partial charge is 0.130 e. The summed E-state index contributed by atoms with van der Waals surface area (Å²) in [5.41, 5.74) is 0.300. The van der Waals surface area contributed by atoms with E-state index in [-0.39, 0.29) is 11.4 Å². The molecule has 128 valence electrons. The SMILES string of the molecule is CCC(C)(C#N)CC(C)(C)c1c(C)cc(OC(C)(C)C)cc1F. The topological polar surface area (TPSA) is 33.0 Å². The van der Waals surface area contributed by atoms with E-state index in [4.69, 9.17) is 4.74 Å². The number of ether oxygens (including phenoxy) is 1. The number of hydrogen-bond acceptors (Lipinski definition) is 2. The van der Waals surface area contributed by atoms with Gasteiger partial charge in [0.05, 0.1) is 11.5 Å². The second kappa shape index (κ2) is 6.51. The molecule has 0 aliphatic carbocycles. The highest BCUT2D eigenvalue weighted by Crippen LogP contribution is 2.41. The van der Waals surface area contributed by atoms with Gasteiger partial charge in [-0.1, -0.05) is 20.8 Å². The molecule has 1 atom stereocenters. The molecule has 0 saturated heterocycles. The first-order chi connectivity index (χ1) is 10.3. The summed E-state index contributed by atoms with van der Waals surface area (Å²) in [4.78, 5) is 0. The lowest BCUT2D eigenvalue weighted by Gasteiger charge is -2.34. The van der Waals surface area contributed by atoms with Crippen LogP contribution in [0.15, 0.2) is 12.1 Å². The Labute approximate surface area is 140 Å². The van der Waals surface area contributed by atoms with Crippen LogP contribution in [0, 0.1) is 29.5 Å². The maximum Gasteiger partial charge on any atom is 0.130 e. The van der Waals surface area contributed by atoms with E-state index < -0.39 is 10.8 Å². The standard InChI is InChI=1S/C20H30FNO/c1-9-20(8,13-22)12-19(6,7)17-14(2)10-15(11-16(17)21)23-18(3,4)5/h10-11H,9,12H2,1-8H3. The van der Waals surface area contributed by atoms with E-state index in [0.29, 0.717) is 17.7 Å². The van der Waals surface area contributed by atoms with Gasteiger partial charge in [0.25, 0.3) is 0 Å². The van der Waals surface area contributed by atoms with E-state index in [1.807, 2.05) is 61.5 Å². The van der Waals surface area contributed by atoms with Gasteiger partial charge in [-0.25, -0.2) is 4.39 Å². The van der Waals surface area contributed by atoms with Crippen molar-refractivity contribution in [1.82, 2.24) is 0 Å². The molecular weight excluding hydrogens is 289 g/mol. The molecular formula is C20H30FNO. The third-order valence-electron chi connectivity index (χ3n) is 4.24. The summed E-state index contributed by atoms with van der Waals surface area (Å²) in [6.07, 6.45) is 1.36. The van der Waals surface area contributed by atoms with Gasteiger partial charge in [0.2, 0.25) is 0 Å². The normalized spacial score (nSPS) is 15.0. The Bertz CT molecular complexity index is 584. The van der Waals surface area contributed by atoms with Crippen molar-refractivity contribution in [2.24, 2.45) is 5.41 Å². The minimum atomic E-state index is -0.455. The maximum absolute atomic E-state index is 14.8. The molecule has 1 unspecified atom stereocenters. The minimum absolute atomic E-state index is 0.259. The summed E-state index contributed by atoms with van der Waals surface area (Å²) in [6, 6.07) is 5.74. The lowest BCUT2D eigenvalue weighted by atomic mass is 9.69. The predicted molar refractivity (Wildman–Crippen MR) is 93.2 cm³/mol. The predicted octanol–water partition coefficient (Wildman–Crippen LogP) is 5.92. The summed E-state index contributed by atoms with van der Waals surface area (Å²) >= 11 is 0. The quantitative estimate of drug-likeness (QED) is 0.675. The Morgan fingerprint density at radius 3 is 2.09 bits per heavy atom. The van der Waals surface area contributed by atoms with Gasteiger partial charge in [-0.05, 0) is 70.1 Å². The van der Waals surface area contributed by atoms with Crippen LogP contribution in [-0.2, 0) is 5.41 Å². The van der Waals surface area contributed by atoms with Crippen LogP contribution >= 0.6 is 0 Å². The second-order valence-corrected chi connectivity index (χ2v) is 8.40. The number of benzene rings is 1. The fourth-order valence-electron chi connectivity index (χ4n) is 3.29. The van der Waals surface area contributed by atoms with Gasteiger partial charge in [-0.2, -0.15) is 5.26 Å². The third kappa shape index (κ3) is 4.96. The number of hydrogen-bond donors (Lipinski definition) is 0. The lowest BCUT2D eigenvalue weighted by molar-refractivity contribution is 0.130. The monoisotopic (exact) mass is 319 g/mol. The molecule has 3 heteroatoms. The summed E-state index contributed by atoms with van der Waals surface area (Å²) in [6.45, 7) is 15.7. The average molecular weight is 319 g/mol. The lowest BCUT2D eigenvalue weighted by Crippen LogP contribution is -2.29. The zero-order valence-electron chi connectivity index (χ0n) is 15.8. The van der Waals surface area contributed by atoms with Crippen molar-refractivity contribution in [3.63, 3.8) is 0 Å². The number of rotatable bonds is 5. The van der Waals surface area contributed by atoms with Gasteiger partial charge in [0, 0.05) is 6.07 Å². The van der Waals surface area contributed by atoms with Crippen molar-refractivity contribution in [3.8, 4) is 11.8 Å². The minimum Gasteiger partial charge on any atom is -0.488 e. The molecule has 1 rings (SSSR count). The van der Waals surface area contributed by atoms with Gasteiger partial charge >= 0.3 is 0 Å². The zero-order chi connectivity index (χ0) is 18.1. The average Bonchev–Trinajstić information content (AvgIpc) is 2.34. The van der Waals surface area contributed by atoms with Crippen molar-refractivity contribution in [3.05, 3.63) is 29.1 Å². The van der Waals surface area contributed by atoms with E-state index in [0.717, 1.165) is 12.0 Å². The Morgan fingerprint density at radius 1 is 1.13 bits per heavy atom. The Kier molecular flexibility index (Phi) is 5.52. The van der Waals surface area contributed by atoms with Crippen LogP contribution in [0.4, 0.5) is 4.39 Å². The molecule has 0 radical (unpaired) electrons. The van der Waals surface area contributed by atoms with E-state index in [1.54, 1.807) is 0 Å². The van der Waals surface area contributed by atoms with Gasteiger partial charge in [-0.3, -0.25) is 0 Å². The van der Waals surface area contributed by atoms with E-state index in [9.17, 15) is 9.65 Å². The molecule has 23 heavy (non-hydrogen) atoms. The van der Waals surface area contributed by atoms with Crippen LogP contribution in [0.1, 0.15) is 72.4 Å². The fraction of sp³-hybridized carbons (Fsp3) is 0.650. The maximum atomic E-state index is 14.8. The largest absolute Gasteiger partial charge is 0.488 e. The van der Waals surface area contributed by atoms with Gasteiger partial charge in [0.1, 0.15) is 17.2 Å². The fourth-order valence-corrected chi connectivity index (χ4v) is 3.29. The highest BCUT2D eigenvalue weighted by Gasteiger charge is 2.35. The van der Waals surface area contributed by atoms with Gasteiger partial charge in [-0.15, -0.1) is 0 Å². The van der Waals surface area contributed by atoms with Crippen molar-refractivity contribution in [2.45, 2.75) is 79.2 Å². The molecule has 0 aliphatic heterocycles. The first kappa shape index (κ1) is 19.5. The first-order valence-electron chi connectivity index (χ1n) is 8.24. The molecule has 0 heterocycles. The molecule has 1 aromatic rings. The molecule has 0 spiro atoms. The van der Waals surface area contributed by atoms with Crippen LogP contribution in [0.3, 0.4) is 0 Å². The number of halogens is 1. The molecule has 1 aromatic carbocycles. The summed E-state index contributed by atoms with van der Waals surface area (Å²) < 4.78 is 20.6. The molecule has 0 fully saturated rings. The van der Waals surface area contributed by atoms with Crippen molar-refractivity contribution in [1.29, 1.82) is 5.26 Å². The van der Waals surface area contributed by atoms with Crippen LogP contribution in [0.5, 0.6) is 5.75 Å². The van der Waals surface area contributed by atoms with E-state index in [2.05, 4.69) is 6.07 Å².